The average molecular weight is 315 g/mol. The highest BCUT2D eigenvalue weighted by molar-refractivity contribution is 5.78. The van der Waals surface area contributed by atoms with Crippen LogP contribution in [0.2, 0.25) is 0 Å². The third-order valence-corrected chi connectivity index (χ3v) is 3.35. The van der Waals surface area contributed by atoms with E-state index in [-0.39, 0.29) is 5.90 Å². The highest BCUT2D eigenvalue weighted by Crippen LogP contribution is 2.38. The zero-order valence-corrected chi connectivity index (χ0v) is 13.8. The molecule has 0 amide bonds. The molecule has 1 N–H and O–H groups in total. The first kappa shape index (κ1) is 16.7. The number of rotatable bonds is 6. The standard InChI is InChI=1S/C18H21NO4/c1-12-5-7-14(8-6-12)23-17(19)11-13-9-15(20-2)18(22-4)16(10-13)21-3/h5-10,19H,11H2,1-4H3. The SMILES string of the molecule is COc1cc(CC(=N)Oc2ccc(C)cc2)cc(OC)c1OC. The van der Waals surface area contributed by atoms with Gasteiger partial charge in [0.05, 0.1) is 21.3 Å². The van der Waals surface area contributed by atoms with Crippen molar-refractivity contribution in [3.8, 4) is 23.0 Å². The van der Waals surface area contributed by atoms with Gasteiger partial charge in [-0.3, -0.25) is 5.41 Å². The van der Waals surface area contributed by atoms with E-state index < -0.39 is 0 Å². The Morgan fingerprint density at radius 1 is 0.913 bits per heavy atom. The molecule has 0 bridgehead atoms. The van der Waals surface area contributed by atoms with Crippen LogP contribution in [0, 0.1) is 12.3 Å². The molecule has 0 aromatic heterocycles. The molecule has 0 heterocycles. The average Bonchev–Trinajstić information content (AvgIpc) is 2.55. The summed E-state index contributed by atoms with van der Waals surface area (Å²) in [6.07, 6.45) is 0.324. The van der Waals surface area contributed by atoms with Gasteiger partial charge in [0, 0.05) is 6.42 Å². The predicted molar refractivity (Wildman–Crippen MR) is 89.3 cm³/mol. The Bertz CT molecular complexity index is 655. The maximum atomic E-state index is 8.04. The van der Waals surface area contributed by atoms with Crippen molar-refractivity contribution >= 4 is 5.90 Å². The number of aryl methyl sites for hydroxylation is 1. The van der Waals surface area contributed by atoms with Crippen molar-refractivity contribution in [1.82, 2.24) is 0 Å². The van der Waals surface area contributed by atoms with Crippen LogP contribution in [-0.4, -0.2) is 27.2 Å². The van der Waals surface area contributed by atoms with E-state index in [1.165, 1.54) is 0 Å². The summed E-state index contributed by atoms with van der Waals surface area (Å²) in [5.74, 6) is 2.44. The summed E-state index contributed by atoms with van der Waals surface area (Å²) in [5, 5.41) is 8.04. The van der Waals surface area contributed by atoms with Crippen LogP contribution >= 0.6 is 0 Å². The molecule has 0 unspecified atom stereocenters. The van der Waals surface area contributed by atoms with E-state index in [1.54, 1.807) is 21.3 Å². The molecule has 0 aliphatic carbocycles. The number of hydrogen-bond acceptors (Lipinski definition) is 5. The minimum atomic E-state index is 0.142. The lowest BCUT2D eigenvalue weighted by molar-refractivity contribution is 0.324. The number of hydrogen-bond donors (Lipinski definition) is 1. The van der Waals surface area contributed by atoms with E-state index in [2.05, 4.69) is 0 Å². The summed E-state index contributed by atoms with van der Waals surface area (Å²) >= 11 is 0. The van der Waals surface area contributed by atoms with E-state index in [1.807, 2.05) is 43.3 Å². The predicted octanol–water partition coefficient (Wildman–Crippen LogP) is 3.62. The largest absolute Gasteiger partial charge is 0.493 e. The van der Waals surface area contributed by atoms with Gasteiger partial charge in [-0.1, -0.05) is 17.7 Å². The Labute approximate surface area is 136 Å². The summed E-state index contributed by atoms with van der Waals surface area (Å²) in [7, 11) is 4.69. The molecule has 5 heteroatoms. The number of nitrogens with one attached hydrogen (secondary N) is 1. The first-order chi connectivity index (χ1) is 11.1. The van der Waals surface area contributed by atoms with Crippen molar-refractivity contribution in [2.24, 2.45) is 0 Å². The molecule has 122 valence electrons. The van der Waals surface area contributed by atoms with Gasteiger partial charge in [-0.2, -0.15) is 0 Å². The molecular formula is C18H21NO4. The van der Waals surface area contributed by atoms with Crippen LogP contribution < -0.4 is 18.9 Å². The summed E-state index contributed by atoms with van der Waals surface area (Å²) in [6.45, 7) is 2.00. The summed E-state index contributed by atoms with van der Waals surface area (Å²) < 4.78 is 21.5. The highest BCUT2D eigenvalue weighted by atomic mass is 16.5. The van der Waals surface area contributed by atoms with Crippen LogP contribution in [0.3, 0.4) is 0 Å². The molecule has 0 radical (unpaired) electrons. The first-order valence-corrected chi connectivity index (χ1v) is 7.18. The van der Waals surface area contributed by atoms with Crippen molar-refractivity contribution < 1.29 is 18.9 Å². The van der Waals surface area contributed by atoms with E-state index in [0.29, 0.717) is 29.4 Å². The molecule has 0 aliphatic heterocycles. The van der Waals surface area contributed by atoms with Crippen molar-refractivity contribution in [3.05, 3.63) is 47.5 Å². The van der Waals surface area contributed by atoms with Crippen LogP contribution in [0.25, 0.3) is 0 Å². The van der Waals surface area contributed by atoms with Gasteiger partial charge in [-0.05, 0) is 36.8 Å². The molecule has 5 nitrogen and oxygen atoms in total. The van der Waals surface area contributed by atoms with E-state index in [9.17, 15) is 0 Å². The van der Waals surface area contributed by atoms with Crippen LogP contribution in [0.5, 0.6) is 23.0 Å². The monoisotopic (exact) mass is 315 g/mol. The maximum absolute atomic E-state index is 8.04. The van der Waals surface area contributed by atoms with Crippen molar-refractivity contribution in [1.29, 1.82) is 5.41 Å². The second kappa shape index (κ2) is 7.54. The molecule has 0 saturated heterocycles. The highest BCUT2D eigenvalue weighted by Gasteiger charge is 2.14. The van der Waals surface area contributed by atoms with E-state index >= 15 is 0 Å². The zero-order valence-electron chi connectivity index (χ0n) is 13.8. The Morgan fingerprint density at radius 2 is 1.48 bits per heavy atom. The molecule has 2 aromatic carbocycles. The molecular weight excluding hydrogens is 294 g/mol. The second-order valence-corrected chi connectivity index (χ2v) is 5.05. The van der Waals surface area contributed by atoms with Crippen LogP contribution in [0.4, 0.5) is 0 Å². The quantitative estimate of drug-likeness (QED) is 0.653. The Morgan fingerprint density at radius 3 is 1.96 bits per heavy atom. The number of ether oxygens (including phenoxy) is 4. The molecule has 0 fully saturated rings. The van der Waals surface area contributed by atoms with Gasteiger partial charge in [0.15, 0.2) is 17.4 Å². The summed E-state index contributed by atoms with van der Waals surface area (Å²) in [4.78, 5) is 0. The maximum Gasteiger partial charge on any atom is 0.203 e. The van der Waals surface area contributed by atoms with E-state index in [0.717, 1.165) is 11.1 Å². The molecule has 0 atom stereocenters. The third kappa shape index (κ3) is 4.16. The fourth-order valence-corrected chi connectivity index (χ4v) is 2.21. The summed E-state index contributed by atoms with van der Waals surface area (Å²) in [5.41, 5.74) is 1.99. The molecule has 23 heavy (non-hydrogen) atoms. The van der Waals surface area contributed by atoms with Crippen molar-refractivity contribution in [3.63, 3.8) is 0 Å². The minimum absolute atomic E-state index is 0.142. The van der Waals surface area contributed by atoms with Gasteiger partial charge >= 0.3 is 0 Å². The topological polar surface area (TPSA) is 60.8 Å². The van der Waals surface area contributed by atoms with Crippen molar-refractivity contribution in [2.45, 2.75) is 13.3 Å². The lowest BCUT2D eigenvalue weighted by atomic mass is 10.1. The lowest BCUT2D eigenvalue weighted by Crippen LogP contribution is -2.10. The van der Waals surface area contributed by atoms with Crippen LogP contribution in [0.1, 0.15) is 11.1 Å². The third-order valence-electron chi connectivity index (χ3n) is 3.35. The van der Waals surface area contributed by atoms with Gasteiger partial charge in [0.2, 0.25) is 5.75 Å². The minimum Gasteiger partial charge on any atom is -0.493 e. The van der Waals surface area contributed by atoms with Gasteiger partial charge in [0.25, 0.3) is 0 Å². The van der Waals surface area contributed by atoms with Gasteiger partial charge < -0.3 is 18.9 Å². The first-order valence-electron chi connectivity index (χ1n) is 7.18. The fourth-order valence-electron chi connectivity index (χ4n) is 2.21. The van der Waals surface area contributed by atoms with Gasteiger partial charge in [-0.15, -0.1) is 0 Å². The molecule has 0 saturated carbocycles. The fraction of sp³-hybridized carbons (Fsp3) is 0.278. The van der Waals surface area contributed by atoms with Gasteiger partial charge in [-0.25, -0.2) is 0 Å². The Hall–Kier alpha value is -2.69. The number of benzene rings is 2. The van der Waals surface area contributed by atoms with Crippen molar-refractivity contribution in [2.75, 3.05) is 21.3 Å². The lowest BCUT2D eigenvalue weighted by Gasteiger charge is -2.14. The Balaban J connectivity index is 2.15. The van der Waals surface area contributed by atoms with Crippen LogP contribution in [0.15, 0.2) is 36.4 Å². The smallest absolute Gasteiger partial charge is 0.203 e. The molecule has 2 aromatic rings. The zero-order chi connectivity index (χ0) is 16.8. The van der Waals surface area contributed by atoms with E-state index in [4.69, 9.17) is 24.4 Å². The van der Waals surface area contributed by atoms with Crippen LogP contribution in [-0.2, 0) is 6.42 Å². The second-order valence-electron chi connectivity index (χ2n) is 5.05. The number of methoxy groups -OCH3 is 3. The molecule has 2 rings (SSSR count). The Kier molecular flexibility index (Phi) is 5.46. The summed E-state index contributed by atoms with van der Waals surface area (Å²) in [6, 6.07) is 11.2. The molecule has 0 aliphatic rings. The molecule has 0 spiro atoms. The normalized spacial score (nSPS) is 10.1. The van der Waals surface area contributed by atoms with Gasteiger partial charge in [0.1, 0.15) is 5.75 Å².